The number of rotatable bonds is 5. The summed E-state index contributed by atoms with van der Waals surface area (Å²) >= 11 is 6.92. The van der Waals surface area contributed by atoms with E-state index in [0.29, 0.717) is 6.61 Å². The van der Waals surface area contributed by atoms with Gasteiger partial charge < -0.3 is 9.47 Å². The predicted molar refractivity (Wildman–Crippen MR) is 84.5 cm³/mol. The summed E-state index contributed by atoms with van der Waals surface area (Å²) in [6, 6.07) is 13.6. The molecule has 0 aliphatic carbocycles. The van der Waals surface area contributed by atoms with Crippen molar-refractivity contribution in [3.63, 3.8) is 0 Å². The topological polar surface area (TPSA) is 18.5 Å². The molecule has 19 heavy (non-hydrogen) atoms. The molecule has 0 N–H and O–H groups in total. The molecule has 0 saturated heterocycles. The van der Waals surface area contributed by atoms with Crippen molar-refractivity contribution in [2.75, 3.05) is 6.61 Å². The summed E-state index contributed by atoms with van der Waals surface area (Å²) in [4.78, 5) is 0. The molecule has 0 atom stereocenters. The normalized spacial score (nSPS) is 10.3. The average molecular weight is 386 g/mol. The molecule has 2 aromatic rings. The Balaban J connectivity index is 2.25. The van der Waals surface area contributed by atoms with E-state index in [1.54, 1.807) is 0 Å². The fourth-order valence-electron chi connectivity index (χ4n) is 1.65. The van der Waals surface area contributed by atoms with Gasteiger partial charge in [0.15, 0.2) is 0 Å². The van der Waals surface area contributed by atoms with Gasteiger partial charge in [0.05, 0.1) is 6.61 Å². The van der Waals surface area contributed by atoms with E-state index in [1.165, 1.54) is 0 Å². The lowest BCUT2D eigenvalue weighted by atomic mass is 10.2. The first-order valence-corrected chi connectivity index (χ1v) is 7.89. The fraction of sp³-hybridized carbons (Fsp3) is 0.200. The van der Waals surface area contributed by atoms with Crippen LogP contribution in [-0.4, -0.2) is 6.61 Å². The Morgan fingerprint density at radius 2 is 1.84 bits per heavy atom. The van der Waals surface area contributed by atoms with Crippen molar-refractivity contribution in [3.8, 4) is 17.2 Å². The van der Waals surface area contributed by atoms with Crippen LogP contribution in [0.4, 0.5) is 0 Å². The number of alkyl halides is 1. The molecule has 0 fully saturated rings. The Kier molecular flexibility index (Phi) is 5.28. The van der Waals surface area contributed by atoms with Gasteiger partial charge in [0.25, 0.3) is 0 Å². The third-order valence-electron chi connectivity index (χ3n) is 2.52. The van der Waals surface area contributed by atoms with Gasteiger partial charge in [-0.05, 0) is 31.2 Å². The highest BCUT2D eigenvalue weighted by atomic mass is 79.9. The smallest absolute Gasteiger partial charge is 0.132 e. The van der Waals surface area contributed by atoms with E-state index < -0.39 is 0 Å². The number of halogens is 2. The minimum absolute atomic E-state index is 0.646. The predicted octanol–water partition coefficient (Wildman–Crippen LogP) is 5.54. The second kappa shape index (κ2) is 6.96. The van der Waals surface area contributed by atoms with Crippen LogP contribution in [0.2, 0.25) is 0 Å². The van der Waals surface area contributed by atoms with Gasteiger partial charge in [-0.15, -0.1) is 0 Å². The fourth-order valence-corrected chi connectivity index (χ4v) is 2.46. The molecular weight excluding hydrogens is 372 g/mol. The minimum atomic E-state index is 0.646. The molecular formula is C15H14Br2O2. The summed E-state index contributed by atoms with van der Waals surface area (Å²) in [5, 5.41) is 0.751. The number of hydrogen-bond acceptors (Lipinski definition) is 2. The highest BCUT2D eigenvalue weighted by Crippen LogP contribution is 2.31. The molecule has 0 saturated carbocycles. The second-order valence-electron chi connectivity index (χ2n) is 3.90. The summed E-state index contributed by atoms with van der Waals surface area (Å²) in [6.45, 7) is 2.61. The van der Waals surface area contributed by atoms with Gasteiger partial charge in [0.2, 0.25) is 0 Å². The highest BCUT2D eigenvalue weighted by molar-refractivity contribution is 9.10. The van der Waals surface area contributed by atoms with Crippen LogP contribution in [0, 0.1) is 0 Å². The number of hydrogen-bond donors (Lipinski definition) is 0. The highest BCUT2D eigenvalue weighted by Gasteiger charge is 2.06. The van der Waals surface area contributed by atoms with Gasteiger partial charge >= 0.3 is 0 Å². The van der Waals surface area contributed by atoms with E-state index >= 15 is 0 Å². The third kappa shape index (κ3) is 3.98. The molecule has 0 radical (unpaired) electrons. The van der Waals surface area contributed by atoms with Crippen LogP contribution in [0.5, 0.6) is 17.2 Å². The van der Waals surface area contributed by atoms with E-state index in [-0.39, 0.29) is 0 Å². The standard InChI is InChI=1S/C15H14Br2O2/c1-2-18-13-4-3-5-14(9-13)19-15-8-12(17)7-6-11(15)10-16/h3-9H,2,10H2,1H3. The van der Waals surface area contributed by atoms with Crippen LogP contribution in [0.3, 0.4) is 0 Å². The summed E-state index contributed by atoms with van der Waals surface area (Å²) in [5.74, 6) is 2.42. The third-order valence-corrected chi connectivity index (χ3v) is 3.61. The zero-order chi connectivity index (χ0) is 13.7. The molecule has 0 amide bonds. The molecule has 2 aromatic carbocycles. The van der Waals surface area contributed by atoms with Gasteiger partial charge in [-0.2, -0.15) is 0 Å². The lowest BCUT2D eigenvalue weighted by Gasteiger charge is -2.11. The van der Waals surface area contributed by atoms with Crippen LogP contribution in [0.25, 0.3) is 0 Å². The van der Waals surface area contributed by atoms with E-state index in [2.05, 4.69) is 31.9 Å². The lowest BCUT2D eigenvalue weighted by molar-refractivity contribution is 0.338. The number of benzene rings is 2. The first kappa shape index (κ1) is 14.4. The maximum absolute atomic E-state index is 5.93. The summed E-state index contributed by atoms with van der Waals surface area (Å²) in [6.07, 6.45) is 0. The molecule has 0 heterocycles. The number of ether oxygens (including phenoxy) is 2. The summed E-state index contributed by atoms with van der Waals surface area (Å²) < 4.78 is 12.4. The molecule has 0 spiro atoms. The van der Waals surface area contributed by atoms with Crippen molar-refractivity contribution in [2.45, 2.75) is 12.3 Å². The molecule has 0 unspecified atom stereocenters. The maximum Gasteiger partial charge on any atom is 0.132 e. The molecule has 0 aromatic heterocycles. The minimum Gasteiger partial charge on any atom is -0.494 e. The largest absolute Gasteiger partial charge is 0.494 e. The van der Waals surface area contributed by atoms with Crippen molar-refractivity contribution in [1.29, 1.82) is 0 Å². The van der Waals surface area contributed by atoms with E-state index in [9.17, 15) is 0 Å². The summed E-state index contributed by atoms with van der Waals surface area (Å²) in [7, 11) is 0. The van der Waals surface area contributed by atoms with Gasteiger partial charge in [0, 0.05) is 21.4 Å². The Morgan fingerprint density at radius 3 is 2.58 bits per heavy atom. The lowest BCUT2D eigenvalue weighted by Crippen LogP contribution is -1.93. The molecule has 2 rings (SSSR count). The molecule has 0 aliphatic heterocycles. The van der Waals surface area contributed by atoms with Crippen LogP contribution in [0.15, 0.2) is 46.9 Å². The zero-order valence-corrected chi connectivity index (χ0v) is 13.7. The second-order valence-corrected chi connectivity index (χ2v) is 5.37. The van der Waals surface area contributed by atoms with Gasteiger partial charge in [-0.25, -0.2) is 0 Å². The van der Waals surface area contributed by atoms with Crippen molar-refractivity contribution >= 4 is 31.9 Å². The van der Waals surface area contributed by atoms with Crippen molar-refractivity contribution in [1.82, 2.24) is 0 Å². The molecule has 4 heteroatoms. The quantitative estimate of drug-likeness (QED) is 0.629. The van der Waals surface area contributed by atoms with Crippen LogP contribution < -0.4 is 9.47 Å². The van der Waals surface area contributed by atoms with Crippen LogP contribution >= 0.6 is 31.9 Å². The molecule has 0 aliphatic rings. The van der Waals surface area contributed by atoms with E-state index in [0.717, 1.165) is 32.6 Å². The monoisotopic (exact) mass is 384 g/mol. The Morgan fingerprint density at radius 1 is 1.05 bits per heavy atom. The van der Waals surface area contributed by atoms with E-state index in [4.69, 9.17) is 9.47 Å². The average Bonchev–Trinajstić information content (AvgIpc) is 2.40. The van der Waals surface area contributed by atoms with Crippen LogP contribution in [0.1, 0.15) is 12.5 Å². The van der Waals surface area contributed by atoms with Crippen molar-refractivity contribution in [3.05, 3.63) is 52.5 Å². The van der Waals surface area contributed by atoms with Crippen LogP contribution in [-0.2, 0) is 5.33 Å². The first-order chi connectivity index (χ1) is 9.22. The Hall–Kier alpha value is -1.000. The summed E-state index contributed by atoms with van der Waals surface area (Å²) in [5.41, 5.74) is 1.10. The zero-order valence-electron chi connectivity index (χ0n) is 10.5. The molecule has 2 nitrogen and oxygen atoms in total. The van der Waals surface area contributed by atoms with E-state index in [1.807, 2.05) is 49.4 Å². The SMILES string of the molecule is CCOc1cccc(Oc2cc(Br)ccc2CBr)c1. The Labute approximate surface area is 130 Å². The van der Waals surface area contributed by atoms with Crippen molar-refractivity contribution in [2.24, 2.45) is 0 Å². The molecule has 0 bridgehead atoms. The molecule has 100 valence electrons. The first-order valence-electron chi connectivity index (χ1n) is 5.98. The van der Waals surface area contributed by atoms with Gasteiger partial charge in [-0.1, -0.05) is 44.0 Å². The Bertz CT molecular complexity index is 556. The maximum atomic E-state index is 5.93. The van der Waals surface area contributed by atoms with Gasteiger partial charge in [0.1, 0.15) is 17.2 Å². The van der Waals surface area contributed by atoms with Gasteiger partial charge in [-0.3, -0.25) is 0 Å². The van der Waals surface area contributed by atoms with Crippen molar-refractivity contribution < 1.29 is 9.47 Å².